The molecule has 0 aliphatic heterocycles. The minimum atomic E-state index is -0.493. The Labute approximate surface area is 164 Å². The van der Waals surface area contributed by atoms with Crippen LogP contribution in [-0.2, 0) is 0 Å². The third kappa shape index (κ3) is 3.67. The molecule has 134 valence electrons. The molecule has 0 aliphatic carbocycles. The Morgan fingerprint density at radius 1 is 0.357 bits per heavy atom. The van der Waals surface area contributed by atoms with Crippen molar-refractivity contribution in [2.75, 3.05) is 0 Å². The summed E-state index contributed by atoms with van der Waals surface area (Å²) in [4.78, 5) is 25.2. The summed E-state index contributed by atoms with van der Waals surface area (Å²) in [5.41, 5.74) is 4.97. The van der Waals surface area contributed by atoms with E-state index in [4.69, 9.17) is 0 Å². The second-order valence-corrected chi connectivity index (χ2v) is 6.54. The normalized spacial score (nSPS) is 10.4. The first kappa shape index (κ1) is 17.6. The lowest BCUT2D eigenvalue weighted by Gasteiger charge is -2.05. The van der Waals surface area contributed by atoms with Gasteiger partial charge in [-0.2, -0.15) is 0 Å². The van der Waals surface area contributed by atoms with E-state index in [1.165, 1.54) is 0 Å². The highest BCUT2D eigenvalue weighted by atomic mass is 16.2. The topological polar surface area (TPSA) is 34.1 Å². The fraction of sp³-hybridized carbons (Fsp3) is 0. The van der Waals surface area contributed by atoms with Gasteiger partial charge >= 0.3 is 0 Å². The molecule has 0 fully saturated rings. The Hall–Kier alpha value is -3.78. The smallest absolute Gasteiger partial charge is 0.233 e. The maximum atomic E-state index is 12.6. The number of ketones is 2. The summed E-state index contributed by atoms with van der Waals surface area (Å²) in [6.07, 6.45) is 0. The molecule has 0 saturated heterocycles. The van der Waals surface area contributed by atoms with Crippen LogP contribution in [0.25, 0.3) is 22.3 Å². The molecule has 0 radical (unpaired) electrons. The number of hydrogen-bond acceptors (Lipinski definition) is 2. The predicted octanol–water partition coefficient (Wildman–Crippen LogP) is 6.09. The number of Topliss-reactive ketones (excluding diaryl/α,β-unsaturated/α-hetero) is 2. The van der Waals surface area contributed by atoms with Gasteiger partial charge in [-0.15, -0.1) is 0 Å². The summed E-state index contributed by atoms with van der Waals surface area (Å²) in [5.74, 6) is -0.987. The lowest BCUT2D eigenvalue weighted by atomic mass is 9.97. The van der Waals surface area contributed by atoms with Gasteiger partial charge in [-0.05, 0) is 22.3 Å². The fourth-order valence-corrected chi connectivity index (χ4v) is 3.15. The Morgan fingerprint density at radius 3 is 0.964 bits per heavy atom. The molecule has 2 nitrogen and oxygen atoms in total. The van der Waals surface area contributed by atoms with Gasteiger partial charge in [0.1, 0.15) is 0 Å². The minimum absolute atomic E-state index is 0.400. The molecule has 0 aliphatic rings. The van der Waals surface area contributed by atoms with Gasteiger partial charge in [-0.3, -0.25) is 9.59 Å². The highest BCUT2D eigenvalue weighted by Gasteiger charge is 2.18. The van der Waals surface area contributed by atoms with E-state index < -0.39 is 11.6 Å². The quantitative estimate of drug-likeness (QED) is 0.318. The summed E-state index contributed by atoms with van der Waals surface area (Å²) in [5, 5.41) is 0. The van der Waals surface area contributed by atoms with E-state index in [2.05, 4.69) is 0 Å². The van der Waals surface area contributed by atoms with E-state index >= 15 is 0 Å². The van der Waals surface area contributed by atoms with Gasteiger partial charge in [0.25, 0.3) is 0 Å². The van der Waals surface area contributed by atoms with Crippen LogP contribution < -0.4 is 0 Å². The first-order chi connectivity index (χ1) is 13.7. The average Bonchev–Trinajstić information content (AvgIpc) is 2.79. The highest BCUT2D eigenvalue weighted by molar-refractivity contribution is 6.49. The van der Waals surface area contributed by atoms with Crippen LogP contribution in [0, 0.1) is 0 Å². The van der Waals surface area contributed by atoms with Crippen LogP contribution in [0.15, 0.2) is 109 Å². The van der Waals surface area contributed by atoms with Gasteiger partial charge in [-0.25, -0.2) is 0 Å². The van der Waals surface area contributed by atoms with E-state index in [9.17, 15) is 9.59 Å². The Morgan fingerprint density at radius 2 is 0.643 bits per heavy atom. The van der Waals surface area contributed by atoms with Crippen LogP contribution in [0.3, 0.4) is 0 Å². The van der Waals surface area contributed by atoms with Gasteiger partial charge < -0.3 is 0 Å². The maximum Gasteiger partial charge on any atom is 0.233 e. The number of carbonyl (C=O) groups is 2. The van der Waals surface area contributed by atoms with Crippen molar-refractivity contribution in [3.8, 4) is 22.3 Å². The van der Waals surface area contributed by atoms with E-state index in [0.717, 1.165) is 22.3 Å². The van der Waals surface area contributed by atoms with Crippen LogP contribution in [0.5, 0.6) is 0 Å². The maximum absolute atomic E-state index is 12.6. The standard InChI is InChI=1S/C26H18O2/c27-25(23-15-11-21(12-16-23)19-7-3-1-4-8-19)26(28)24-17-13-22(14-18-24)20-9-5-2-6-10-20/h1-18H. The zero-order chi connectivity index (χ0) is 19.3. The first-order valence-corrected chi connectivity index (χ1v) is 9.12. The van der Waals surface area contributed by atoms with Crippen molar-refractivity contribution in [1.29, 1.82) is 0 Å². The molecule has 0 atom stereocenters. The van der Waals surface area contributed by atoms with Crippen molar-refractivity contribution < 1.29 is 9.59 Å². The molecule has 0 saturated carbocycles. The van der Waals surface area contributed by atoms with E-state index in [0.29, 0.717) is 11.1 Å². The summed E-state index contributed by atoms with van der Waals surface area (Å²) < 4.78 is 0. The van der Waals surface area contributed by atoms with Crippen LogP contribution in [-0.4, -0.2) is 11.6 Å². The van der Waals surface area contributed by atoms with Gasteiger partial charge in [0.05, 0.1) is 0 Å². The third-order valence-electron chi connectivity index (χ3n) is 4.71. The molecule has 0 spiro atoms. The molecule has 28 heavy (non-hydrogen) atoms. The predicted molar refractivity (Wildman–Crippen MR) is 112 cm³/mol. The second kappa shape index (κ2) is 7.85. The number of rotatable bonds is 5. The SMILES string of the molecule is O=C(C(=O)c1ccc(-c2ccccc2)cc1)c1ccc(-c2ccccc2)cc1. The lowest BCUT2D eigenvalue weighted by molar-refractivity contribution is 0.0817. The van der Waals surface area contributed by atoms with Gasteiger partial charge in [0.2, 0.25) is 11.6 Å². The number of benzene rings is 4. The van der Waals surface area contributed by atoms with E-state index in [1.54, 1.807) is 24.3 Å². The third-order valence-corrected chi connectivity index (χ3v) is 4.71. The first-order valence-electron chi connectivity index (χ1n) is 9.12. The molecule has 4 aromatic rings. The minimum Gasteiger partial charge on any atom is -0.285 e. The summed E-state index contributed by atoms with van der Waals surface area (Å²) in [6.45, 7) is 0. The van der Waals surface area contributed by atoms with Crippen molar-refractivity contribution in [2.45, 2.75) is 0 Å². The van der Waals surface area contributed by atoms with Gasteiger partial charge in [-0.1, -0.05) is 109 Å². The molecule has 4 aromatic carbocycles. The molecule has 0 N–H and O–H groups in total. The summed E-state index contributed by atoms with van der Waals surface area (Å²) in [7, 11) is 0. The van der Waals surface area contributed by atoms with Crippen molar-refractivity contribution >= 4 is 11.6 Å². The van der Waals surface area contributed by atoms with Gasteiger partial charge in [0, 0.05) is 11.1 Å². The lowest BCUT2D eigenvalue weighted by Crippen LogP contribution is -2.14. The largest absolute Gasteiger partial charge is 0.285 e. The Kier molecular flexibility index (Phi) is 4.94. The van der Waals surface area contributed by atoms with Crippen molar-refractivity contribution in [3.05, 3.63) is 120 Å². The molecule has 4 rings (SSSR count). The molecule has 0 unspecified atom stereocenters. The second-order valence-electron chi connectivity index (χ2n) is 6.54. The molecule has 0 aromatic heterocycles. The van der Waals surface area contributed by atoms with E-state index in [1.807, 2.05) is 84.9 Å². The number of hydrogen-bond donors (Lipinski definition) is 0. The van der Waals surface area contributed by atoms with Gasteiger partial charge in [0.15, 0.2) is 0 Å². The van der Waals surface area contributed by atoms with Crippen molar-refractivity contribution in [2.24, 2.45) is 0 Å². The van der Waals surface area contributed by atoms with Crippen LogP contribution in [0.2, 0.25) is 0 Å². The summed E-state index contributed by atoms with van der Waals surface area (Å²) >= 11 is 0. The zero-order valence-electron chi connectivity index (χ0n) is 15.2. The Balaban J connectivity index is 1.52. The molecule has 2 heteroatoms. The van der Waals surface area contributed by atoms with Crippen LogP contribution >= 0.6 is 0 Å². The molecular formula is C26H18O2. The molecule has 0 amide bonds. The Bertz CT molecular complexity index is 1000. The number of carbonyl (C=O) groups excluding carboxylic acids is 2. The molecule has 0 bridgehead atoms. The van der Waals surface area contributed by atoms with Crippen molar-refractivity contribution in [1.82, 2.24) is 0 Å². The average molecular weight is 362 g/mol. The highest BCUT2D eigenvalue weighted by Crippen LogP contribution is 2.22. The van der Waals surface area contributed by atoms with Crippen molar-refractivity contribution in [3.63, 3.8) is 0 Å². The van der Waals surface area contributed by atoms with Crippen LogP contribution in [0.1, 0.15) is 20.7 Å². The zero-order valence-corrected chi connectivity index (χ0v) is 15.2. The molecular weight excluding hydrogens is 344 g/mol. The fourth-order valence-electron chi connectivity index (χ4n) is 3.15. The molecule has 0 heterocycles. The monoisotopic (exact) mass is 362 g/mol. The van der Waals surface area contributed by atoms with E-state index in [-0.39, 0.29) is 0 Å². The van der Waals surface area contributed by atoms with Crippen LogP contribution in [0.4, 0.5) is 0 Å². The summed E-state index contributed by atoms with van der Waals surface area (Å²) in [6, 6.07) is 34.2.